The van der Waals surface area contributed by atoms with Crippen molar-refractivity contribution in [3.05, 3.63) is 94.0 Å². The Kier molecular flexibility index (Phi) is 6.83. The van der Waals surface area contributed by atoms with E-state index in [1.807, 2.05) is 0 Å². The van der Waals surface area contributed by atoms with Crippen LogP contribution in [0, 0.1) is 13.8 Å². The van der Waals surface area contributed by atoms with Crippen molar-refractivity contribution in [1.82, 2.24) is 19.6 Å². The molecule has 0 fully saturated rings. The molecule has 0 aliphatic rings. The molecular formula is C24H21ClF3N5O2. The second kappa shape index (κ2) is 9.83. The van der Waals surface area contributed by atoms with Gasteiger partial charge in [-0.2, -0.15) is 23.4 Å². The quantitative estimate of drug-likeness (QED) is 0.351. The van der Waals surface area contributed by atoms with Crippen molar-refractivity contribution in [3.63, 3.8) is 0 Å². The maximum absolute atomic E-state index is 13.0. The number of nitrogens with zero attached hydrogens (tertiary/aromatic N) is 4. The summed E-state index contributed by atoms with van der Waals surface area (Å²) in [6.45, 7) is 3.68. The number of hydrogen-bond donors (Lipinski definition) is 1. The maximum Gasteiger partial charge on any atom is 0.416 e. The zero-order valence-electron chi connectivity index (χ0n) is 18.8. The fraction of sp³-hybridized carbons (Fsp3) is 0.208. The molecule has 0 saturated heterocycles. The third-order valence-corrected chi connectivity index (χ3v) is 5.51. The van der Waals surface area contributed by atoms with Gasteiger partial charge in [-0.3, -0.25) is 9.48 Å². The first-order valence-electron chi connectivity index (χ1n) is 10.5. The number of rotatable bonds is 7. The van der Waals surface area contributed by atoms with E-state index >= 15 is 0 Å². The Bertz CT molecular complexity index is 1350. The topological polar surface area (TPSA) is 74.0 Å². The number of nitrogens with one attached hydrogen (secondary N) is 1. The van der Waals surface area contributed by atoms with Gasteiger partial charge in [0.1, 0.15) is 5.75 Å². The molecule has 11 heteroatoms. The minimum absolute atomic E-state index is 0.0991. The van der Waals surface area contributed by atoms with E-state index in [1.54, 1.807) is 61.1 Å². The van der Waals surface area contributed by atoms with Crippen LogP contribution in [0.1, 0.15) is 33.0 Å². The molecule has 0 atom stereocenters. The summed E-state index contributed by atoms with van der Waals surface area (Å²) in [5, 5.41) is 12.0. The molecule has 0 unspecified atom stereocenters. The van der Waals surface area contributed by atoms with Gasteiger partial charge in [0.2, 0.25) is 0 Å². The number of anilines is 1. The van der Waals surface area contributed by atoms with E-state index < -0.39 is 17.6 Å². The summed E-state index contributed by atoms with van der Waals surface area (Å²) in [4.78, 5) is 12.8. The maximum atomic E-state index is 13.0. The number of benzene rings is 2. The molecule has 0 bridgehead atoms. The second-order valence-electron chi connectivity index (χ2n) is 7.82. The first-order valence-corrected chi connectivity index (χ1v) is 10.9. The van der Waals surface area contributed by atoms with Crippen LogP contribution >= 0.6 is 11.6 Å². The summed E-state index contributed by atoms with van der Waals surface area (Å²) in [7, 11) is 0. The molecule has 0 radical (unpaired) electrons. The van der Waals surface area contributed by atoms with Crippen molar-refractivity contribution >= 4 is 23.2 Å². The van der Waals surface area contributed by atoms with Crippen LogP contribution in [0.5, 0.6) is 5.75 Å². The van der Waals surface area contributed by atoms with Crippen molar-refractivity contribution in [2.75, 3.05) is 5.32 Å². The van der Waals surface area contributed by atoms with Crippen LogP contribution in [-0.4, -0.2) is 25.5 Å². The minimum atomic E-state index is -4.42. The highest BCUT2D eigenvalue weighted by Gasteiger charge is 2.30. The summed E-state index contributed by atoms with van der Waals surface area (Å²) in [5.74, 6) is 0.162. The number of aromatic nitrogens is 4. The molecule has 0 spiro atoms. The molecule has 35 heavy (non-hydrogen) atoms. The lowest BCUT2D eigenvalue weighted by atomic mass is 10.1. The molecule has 0 aliphatic heterocycles. The third-order valence-electron chi connectivity index (χ3n) is 5.26. The van der Waals surface area contributed by atoms with E-state index in [9.17, 15) is 18.0 Å². The Hall–Kier alpha value is -3.79. The van der Waals surface area contributed by atoms with E-state index in [1.165, 1.54) is 10.7 Å². The van der Waals surface area contributed by atoms with E-state index in [0.717, 1.165) is 12.1 Å². The molecule has 4 aromatic rings. The molecule has 7 nitrogen and oxygen atoms in total. The number of alkyl halides is 3. The molecule has 0 saturated carbocycles. The second-order valence-corrected chi connectivity index (χ2v) is 8.26. The molecule has 1 amide bonds. The number of carbonyl (C=O) groups excluding carboxylic acids is 1. The Balaban J connectivity index is 1.43. The molecule has 1 N–H and O–H groups in total. The Morgan fingerprint density at radius 3 is 2.54 bits per heavy atom. The monoisotopic (exact) mass is 503 g/mol. The standard InChI is InChI=1S/C24H21ClF3N5O2/c1-15-22(16(2)33(30-15)13-17-4-3-5-18(12-17)24(26,27)28)29-23(34)21-10-11-32(31-21)14-35-20-8-6-19(25)7-9-20/h3-12H,13-14H2,1-2H3,(H,29,34). The molecule has 2 aromatic carbocycles. The van der Waals surface area contributed by atoms with E-state index in [4.69, 9.17) is 16.3 Å². The van der Waals surface area contributed by atoms with Crippen molar-refractivity contribution in [2.45, 2.75) is 33.3 Å². The fourth-order valence-corrected chi connectivity index (χ4v) is 3.58. The van der Waals surface area contributed by atoms with E-state index in [-0.39, 0.29) is 19.0 Å². The summed E-state index contributed by atoms with van der Waals surface area (Å²) < 4.78 is 47.7. The van der Waals surface area contributed by atoms with Gasteiger partial charge in [0.15, 0.2) is 12.4 Å². The van der Waals surface area contributed by atoms with Crippen LogP contribution in [0.3, 0.4) is 0 Å². The van der Waals surface area contributed by atoms with E-state index in [0.29, 0.717) is 33.4 Å². The van der Waals surface area contributed by atoms with Gasteiger partial charge >= 0.3 is 6.18 Å². The number of aryl methyl sites for hydroxylation is 1. The fourth-order valence-electron chi connectivity index (χ4n) is 3.45. The number of amides is 1. The largest absolute Gasteiger partial charge is 0.471 e. The van der Waals surface area contributed by atoms with Gasteiger partial charge in [-0.1, -0.05) is 23.7 Å². The van der Waals surface area contributed by atoms with Crippen LogP contribution in [-0.2, 0) is 19.5 Å². The molecule has 2 heterocycles. The van der Waals surface area contributed by atoms with Crippen molar-refractivity contribution < 1.29 is 22.7 Å². The molecule has 0 aliphatic carbocycles. The summed E-state index contributed by atoms with van der Waals surface area (Å²) in [6, 6.07) is 13.5. The average molecular weight is 504 g/mol. The number of hydrogen-bond acceptors (Lipinski definition) is 4. The van der Waals surface area contributed by atoms with Crippen LogP contribution < -0.4 is 10.1 Å². The normalized spacial score (nSPS) is 11.5. The Labute approximate surface area is 204 Å². The summed E-state index contributed by atoms with van der Waals surface area (Å²) in [6.07, 6.45) is -2.81. The van der Waals surface area contributed by atoms with Crippen molar-refractivity contribution in [3.8, 4) is 5.75 Å². The lowest BCUT2D eigenvalue weighted by Gasteiger charge is -2.10. The van der Waals surface area contributed by atoms with Gasteiger partial charge in [-0.15, -0.1) is 0 Å². The van der Waals surface area contributed by atoms with Crippen molar-refractivity contribution in [2.24, 2.45) is 0 Å². The Morgan fingerprint density at radius 1 is 1.09 bits per heavy atom. The number of ether oxygens (including phenoxy) is 1. The molecule has 2 aromatic heterocycles. The van der Waals surface area contributed by atoms with Gasteiger partial charge in [-0.25, -0.2) is 4.68 Å². The van der Waals surface area contributed by atoms with Crippen LogP contribution in [0.15, 0.2) is 60.8 Å². The van der Waals surface area contributed by atoms with Crippen molar-refractivity contribution in [1.29, 1.82) is 0 Å². The Morgan fingerprint density at radius 2 is 1.83 bits per heavy atom. The summed E-state index contributed by atoms with van der Waals surface area (Å²) >= 11 is 5.86. The van der Waals surface area contributed by atoms with Crippen LogP contribution in [0.4, 0.5) is 18.9 Å². The number of halogens is 4. The highest BCUT2D eigenvalue weighted by molar-refractivity contribution is 6.30. The predicted octanol–water partition coefficient (Wildman–Crippen LogP) is 5.71. The number of carbonyl (C=O) groups is 1. The highest BCUT2D eigenvalue weighted by Crippen LogP contribution is 2.30. The first kappa shape index (κ1) is 24.3. The minimum Gasteiger partial charge on any atom is -0.471 e. The average Bonchev–Trinajstić information content (AvgIpc) is 3.39. The zero-order valence-corrected chi connectivity index (χ0v) is 19.6. The lowest BCUT2D eigenvalue weighted by Crippen LogP contribution is -2.15. The van der Waals surface area contributed by atoms with E-state index in [2.05, 4.69) is 15.5 Å². The van der Waals surface area contributed by atoms with Gasteiger partial charge < -0.3 is 10.1 Å². The lowest BCUT2D eigenvalue weighted by molar-refractivity contribution is -0.137. The SMILES string of the molecule is Cc1nn(Cc2cccc(C(F)(F)F)c2)c(C)c1NC(=O)c1ccn(COc2ccc(Cl)cc2)n1. The summed E-state index contributed by atoms with van der Waals surface area (Å²) in [5.41, 5.74) is 1.53. The highest BCUT2D eigenvalue weighted by atomic mass is 35.5. The van der Waals surface area contributed by atoms with Gasteiger partial charge in [-0.05, 0) is 61.9 Å². The molecule has 182 valence electrons. The smallest absolute Gasteiger partial charge is 0.416 e. The van der Waals surface area contributed by atoms with Gasteiger partial charge in [0, 0.05) is 11.2 Å². The predicted molar refractivity (Wildman–Crippen MR) is 125 cm³/mol. The van der Waals surface area contributed by atoms with Gasteiger partial charge in [0.05, 0.1) is 29.2 Å². The zero-order chi connectivity index (χ0) is 25.2. The van der Waals surface area contributed by atoms with Gasteiger partial charge in [0.25, 0.3) is 5.91 Å². The van der Waals surface area contributed by atoms with Crippen LogP contribution in [0.25, 0.3) is 0 Å². The third kappa shape index (κ3) is 5.83. The molecular weight excluding hydrogens is 483 g/mol. The molecule has 4 rings (SSSR count). The first-order chi connectivity index (χ1) is 16.6. The van der Waals surface area contributed by atoms with Crippen LogP contribution in [0.2, 0.25) is 5.02 Å².